The zero-order valence-electron chi connectivity index (χ0n) is 14.8. The molecule has 0 radical (unpaired) electrons. The van der Waals surface area contributed by atoms with Crippen LogP contribution in [0.5, 0.6) is 0 Å². The molecule has 136 valence electrons. The average Bonchev–Trinajstić information content (AvgIpc) is 3.41. The number of furan rings is 1. The van der Waals surface area contributed by atoms with Crippen molar-refractivity contribution in [2.45, 2.75) is 24.4 Å². The van der Waals surface area contributed by atoms with Gasteiger partial charge in [-0.25, -0.2) is 4.98 Å². The van der Waals surface area contributed by atoms with E-state index in [0.717, 1.165) is 33.6 Å². The predicted molar refractivity (Wildman–Crippen MR) is 104 cm³/mol. The molecular weight excluding hydrogens is 360 g/mol. The maximum Gasteiger partial charge on any atom is 0.205 e. The second-order valence-electron chi connectivity index (χ2n) is 5.87. The van der Waals surface area contributed by atoms with Crippen LogP contribution in [-0.2, 0) is 12.3 Å². The average molecular weight is 378 g/mol. The highest BCUT2D eigenvalue weighted by atomic mass is 32.2. The first-order valence-electron chi connectivity index (χ1n) is 8.47. The molecule has 3 heterocycles. The van der Waals surface area contributed by atoms with E-state index in [2.05, 4.69) is 21.8 Å². The summed E-state index contributed by atoms with van der Waals surface area (Å²) in [6.07, 6.45) is 5.23. The van der Waals surface area contributed by atoms with Crippen LogP contribution in [0, 0.1) is 6.92 Å². The van der Waals surface area contributed by atoms with Gasteiger partial charge in [0.15, 0.2) is 16.7 Å². The number of hydrogen-bond donors (Lipinski definition) is 0. The van der Waals surface area contributed by atoms with E-state index >= 15 is 0 Å². The summed E-state index contributed by atoms with van der Waals surface area (Å²) in [7, 11) is 0. The molecule has 1 aromatic carbocycles. The van der Waals surface area contributed by atoms with Crippen LogP contribution in [0.3, 0.4) is 0 Å². The molecule has 0 aliphatic carbocycles. The molecule has 0 amide bonds. The summed E-state index contributed by atoms with van der Waals surface area (Å²) in [5, 5.41) is 9.45. The van der Waals surface area contributed by atoms with Crippen molar-refractivity contribution >= 4 is 11.8 Å². The number of aryl methyl sites for hydroxylation is 1. The molecule has 7 heteroatoms. The lowest BCUT2D eigenvalue weighted by atomic mass is 10.2. The van der Waals surface area contributed by atoms with Crippen LogP contribution < -0.4 is 0 Å². The van der Waals surface area contributed by atoms with E-state index in [1.54, 1.807) is 12.5 Å². The minimum absolute atomic E-state index is 0.562. The third-order valence-corrected chi connectivity index (χ3v) is 5.02. The number of hydrogen-bond acceptors (Lipinski definition) is 6. The molecule has 4 aromatic rings. The largest absolute Gasteiger partial charge is 0.469 e. The molecule has 3 aromatic heterocycles. The third kappa shape index (κ3) is 3.59. The summed E-state index contributed by atoms with van der Waals surface area (Å²) in [6.45, 7) is 6.35. The van der Waals surface area contributed by atoms with Gasteiger partial charge in [-0.2, -0.15) is 0 Å². The number of nitrogens with zero attached hydrogens (tertiary/aromatic N) is 4. The van der Waals surface area contributed by atoms with Gasteiger partial charge >= 0.3 is 0 Å². The second kappa shape index (κ2) is 7.67. The van der Waals surface area contributed by atoms with E-state index in [1.165, 1.54) is 11.8 Å². The molecule has 0 N–H and O–H groups in total. The fourth-order valence-electron chi connectivity index (χ4n) is 2.74. The Morgan fingerprint density at radius 2 is 2.04 bits per heavy atom. The van der Waals surface area contributed by atoms with Crippen LogP contribution in [-0.4, -0.2) is 19.7 Å². The molecule has 0 saturated heterocycles. The molecule has 27 heavy (non-hydrogen) atoms. The lowest BCUT2D eigenvalue weighted by molar-refractivity contribution is 0.529. The van der Waals surface area contributed by atoms with E-state index < -0.39 is 0 Å². The Kier molecular flexibility index (Phi) is 4.93. The number of benzene rings is 1. The lowest BCUT2D eigenvalue weighted by Crippen LogP contribution is -2.00. The van der Waals surface area contributed by atoms with Gasteiger partial charge in [0.25, 0.3) is 0 Å². The van der Waals surface area contributed by atoms with Crippen LogP contribution in [0.15, 0.2) is 75.5 Å². The minimum atomic E-state index is 0.562. The number of rotatable bonds is 7. The summed E-state index contributed by atoms with van der Waals surface area (Å²) in [6, 6.07) is 11.8. The Bertz CT molecular complexity index is 1050. The fraction of sp³-hybridized carbons (Fsp3) is 0.150. The van der Waals surface area contributed by atoms with Gasteiger partial charge in [-0.05, 0) is 13.0 Å². The molecule has 0 aliphatic heterocycles. The molecule has 0 aliphatic rings. The van der Waals surface area contributed by atoms with E-state index in [-0.39, 0.29) is 0 Å². The molecule has 0 atom stereocenters. The SMILES string of the molecule is C=CCn1c(SCc2ncc(-c3ccccc3)o2)nnc1-c1ccoc1C. The Morgan fingerprint density at radius 3 is 2.78 bits per heavy atom. The third-order valence-electron chi connectivity index (χ3n) is 4.06. The van der Waals surface area contributed by atoms with Gasteiger partial charge in [-0.3, -0.25) is 4.57 Å². The van der Waals surface area contributed by atoms with Crippen molar-refractivity contribution in [2.24, 2.45) is 0 Å². The Labute approximate surface area is 160 Å². The molecule has 6 nitrogen and oxygen atoms in total. The van der Waals surface area contributed by atoms with Crippen molar-refractivity contribution in [1.82, 2.24) is 19.7 Å². The van der Waals surface area contributed by atoms with Gasteiger partial charge in [0, 0.05) is 12.1 Å². The topological polar surface area (TPSA) is 69.9 Å². The number of oxazole rings is 1. The Hall–Kier alpha value is -3.06. The molecule has 0 bridgehead atoms. The van der Waals surface area contributed by atoms with E-state index in [4.69, 9.17) is 8.83 Å². The monoisotopic (exact) mass is 378 g/mol. The van der Waals surface area contributed by atoms with Gasteiger partial charge < -0.3 is 8.83 Å². The number of allylic oxidation sites excluding steroid dienone is 1. The minimum Gasteiger partial charge on any atom is -0.469 e. The quantitative estimate of drug-likeness (QED) is 0.334. The zero-order valence-corrected chi connectivity index (χ0v) is 15.6. The van der Waals surface area contributed by atoms with Crippen LogP contribution in [0.25, 0.3) is 22.7 Å². The predicted octanol–water partition coefficient (Wildman–Crippen LogP) is 4.98. The fourth-order valence-corrected chi connectivity index (χ4v) is 3.55. The molecule has 0 fully saturated rings. The van der Waals surface area contributed by atoms with Crippen LogP contribution >= 0.6 is 11.8 Å². The first-order valence-corrected chi connectivity index (χ1v) is 9.46. The lowest BCUT2D eigenvalue weighted by Gasteiger charge is -2.06. The van der Waals surface area contributed by atoms with Gasteiger partial charge in [0.1, 0.15) is 5.76 Å². The van der Waals surface area contributed by atoms with Crippen molar-refractivity contribution in [3.8, 4) is 22.7 Å². The smallest absolute Gasteiger partial charge is 0.205 e. The summed E-state index contributed by atoms with van der Waals surface area (Å²) >= 11 is 1.53. The highest BCUT2D eigenvalue weighted by Gasteiger charge is 2.17. The summed E-state index contributed by atoms with van der Waals surface area (Å²) in [4.78, 5) is 4.37. The van der Waals surface area contributed by atoms with Crippen LogP contribution in [0.2, 0.25) is 0 Å². The Balaban J connectivity index is 1.53. The molecule has 0 unspecified atom stereocenters. The Morgan fingerprint density at radius 1 is 1.19 bits per heavy atom. The van der Waals surface area contributed by atoms with E-state index in [0.29, 0.717) is 18.2 Å². The van der Waals surface area contributed by atoms with Crippen molar-refractivity contribution < 1.29 is 8.83 Å². The number of thioether (sulfide) groups is 1. The normalized spacial score (nSPS) is 11.0. The van der Waals surface area contributed by atoms with Gasteiger partial charge in [-0.15, -0.1) is 16.8 Å². The van der Waals surface area contributed by atoms with E-state index in [9.17, 15) is 0 Å². The standard InChI is InChI=1S/C20H18N4O2S/c1-3-10-24-19(16-9-11-25-14(16)2)22-23-20(24)27-13-18-21-12-17(26-18)15-7-5-4-6-8-15/h3-9,11-12H,1,10,13H2,2H3. The van der Waals surface area contributed by atoms with Gasteiger partial charge in [-0.1, -0.05) is 48.2 Å². The second-order valence-corrected chi connectivity index (χ2v) is 6.81. The molecular formula is C20H18N4O2S. The molecule has 0 spiro atoms. The first kappa shape index (κ1) is 17.4. The van der Waals surface area contributed by atoms with Gasteiger partial charge in [0.2, 0.25) is 5.89 Å². The highest BCUT2D eigenvalue weighted by molar-refractivity contribution is 7.98. The van der Waals surface area contributed by atoms with Crippen LogP contribution in [0.1, 0.15) is 11.7 Å². The number of aromatic nitrogens is 4. The first-order chi connectivity index (χ1) is 13.3. The maximum atomic E-state index is 5.86. The van der Waals surface area contributed by atoms with Crippen molar-refractivity contribution in [3.63, 3.8) is 0 Å². The van der Waals surface area contributed by atoms with Gasteiger partial charge in [0.05, 0.1) is 23.8 Å². The van der Waals surface area contributed by atoms with Crippen molar-refractivity contribution in [3.05, 3.63) is 73.2 Å². The zero-order chi connectivity index (χ0) is 18.6. The highest BCUT2D eigenvalue weighted by Crippen LogP contribution is 2.29. The molecule has 0 saturated carbocycles. The summed E-state index contributed by atoms with van der Waals surface area (Å²) in [5.74, 6) is 3.54. The summed E-state index contributed by atoms with van der Waals surface area (Å²) in [5.41, 5.74) is 1.94. The maximum absolute atomic E-state index is 5.86. The van der Waals surface area contributed by atoms with Crippen molar-refractivity contribution in [1.29, 1.82) is 0 Å². The van der Waals surface area contributed by atoms with Crippen LogP contribution in [0.4, 0.5) is 0 Å². The van der Waals surface area contributed by atoms with Crippen molar-refractivity contribution in [2.75, 3.05) is 0 Å². The molecule has 4 rings (SSSR count). The summed E-state index contributed by atoms with van der Waals surface area (Å²) < 4.78 is 13.3. The van der Waals surface area contributed by atoms with E-state index in [1.807, 2.05) is 54.0 Å².